The molecule has 0 unspecified atom stereocenters. The van der Waals surface area contributed by atoms with E-state index in [0.717, 1.165) is 43.1 Å². The van der Waals surface area contributed by atoms with Gasteiger partial charge in [-0.05, 0) is 80.2 Å². The fourth-order valence-electron chi connectivity index (χ4n) is 6.34. The van der Waals surface area contributed by atoms with Crippen LogP contribution < -0.4 is 5.32 Å². The quantitative estimate of drug-likeness (QED) is 0.391. The molecule has 2 heterocycles. The van der Waals surface area contributed by atoms with E-state index in [1.165, 1.54) is 24.0 Å². The van der Waals surface area contributed by atoms with Crippen molar-refractivity contribution in [2.45, 2.75) is 51.6 Å². The molecule has 3 aliphatic rings. The molecule has 3 N–H and O–H groups in total. The van der Waals surface area contributed by atoms with Crippen LogP contribution in [-0.4, -0.2) is 35.3 Å². The second kappa shape index (κ2) is 7.45. The fraction of sp³-hybridized carbons (Fsp3) is 0.560. The van der Waals surface area contributed by atoms with E-state index < -0.39 is 0 Å². The summed E-state index contributed by atoms with van der Waals surface area (Å²) in [5.41, 5.74) is 3.84. The fourth-order valence-corrected chi connectivity index (χ4v) is 6.34. The minimum atomic E-state index is -0.0544. The summed E-state index contributed by atoms with van der Waals surface area (Å²) in [7, 11) is 0. The van der Waals surface area contributed by atoms with Gasteiger partial charge >= 0.3 is 5.97 Å². The number of nitrogens with one attached hydrogen (secondary N) is 2. The third-order valence-corrected chi connectivity index (χ3v) is 8.01. The Kier molecular flexibility index (Phi) is 4.89. The predicted octanol–water partition coefficient (Wildman–Crippen LogP) is 4.32. The number of allylic oxidation sites excluding steroid dienone is 1. The van der Waals surface area contributed by atoms with Gasteiger partial charge in [-0.25, -0.2) is 0 Å². The van der Waals surface area contributed by atoms with Gasteiger partial charge in [-0.1, -0.05) is 19.1 Å². The van der Waals surface area contributed by atoms with Gasteiger partial charge in [0.2, 0.25) is 0 Å². The van der Waals surface area contributed by atoms with Crippen LogP contribution in [0.2, 0.25) is 0 Å². The normalized spacial score (nSPS) is 33.4. The number of fused-ring (bicyclic) bond motifs is 3. The van der Waals surface area contributed by atoms with Crippen LogP contribution in [0.15, 0.2) is 36.5 Å². The Hall–Kier alpha value is -2.27. The van der Waals surface area contributed by atoms with Crippen LogP contribution in [0.3, 0.4) is 0 Å². The number of rotatable bonds is 5. The Bertz CT molecular complexity index is 980. The van der Waals surface area contributed by atoms with E-state index in [9.17, 15) is 9.90 Å². The molecule has 1 aliphatic heterocycles. The number of ether oxygens (including phenoxy) is 1. The Labute approximate surface area is 177 Å². The summed E-state index contributed by atoms with van der Waals surface area (Å²) >= 11 is 0. The lowest BCUT2D eigenvalue weighted by Gasteiger charge is -2.50. The SMILES string of the molecule is C=C1CCC[C@]2(C)C[C@H]3OC(=O)[C@@H](CNCCc4c[nH]c5ccc(O)cc45)[C@H]3C[C@@H]12. The lowest BCUT2D eigenvalue weighted by atomic mass is 9.55. The number of benzene rings is 1. The van der Waals surface area contributed by atoms with Crippen molar-refractivity contribution in [2.75, 3.05) is 13.1 Å². The maximum absolute atomic E-state index is 12.6. The smallest absolute Gasteiger partial charge is 0.310 e. The van der Waals surface area contributed by atoms with Gasteiger partial charge < -0.3 is 20.1 Å². The first kappa shape index (κ1) is 19.7. The van der Waals surface area contributed by atoms with Crippen molar-refractivity contribution in [3.05, 3.63) is 42.1 Å². The zero-order chi connectivity index (χ0) is 20.9. The third-order valence-electron chi connectivity index (χ3n) is 8.01. The molecule has 0 amide bonds. The molecule has 2 aliphatic carbocycles. The molecule has 1 aromatic heterocycles. The molecule has 5 nitrogen and oxygen atoms in total. The van der Waals surface area contributed by atoms with Crippen LogP contribution in [-0.2, 0) is 16.0 Å². The summed E-state index contributed by atoms with van der Waals surface area (Å²) in [5.74, 6) is 1.04. The van der Waals surface area contributed by atoms with E-state index in [4.69, 9.17) is 4.74 Å². The average molecular weight is 409 g/mol. The van der Waals surface area contributed by atoms with Gasteiger partial charge in [-0.3, -0.25) is 4.79 Å². The highest BCUT2D eigenvalue weighted by atomic mass is 16.6. The minimum absolute atomic E-state index is 0.0256. The minimum Gasteiger partial charge on any atom is -0.508 e. The number of phenols is 1. The molecule has 160 valence electrons. The number of carbonyl (C=O) groups is 1. The molecule has 1 saturated heterocycles. The summed E-state index contributed by atoms with van der Waals surface area (Å²) in [5, 5.41) is 14.3. The van der Waals surface area contributed by atoms with Crippen molar-refractivity contribution in [2.24, 2.45) is 23.2 Å². The summed E-state index contributed by atoms with van der Waals surface area (Å²) in [6.45, 7) is 8.21. The number of aromatic amines is 1. The number of phenolic OH excluding ortho intramolecular Hbond substituents is 1. The third kappa shape index (κ3) is 3.33. The van der Waals surface area contributed by atoms with Gasteiger partial charge in [0.15, 0.2) is 0 Å². The van der Waals surface area contributed by atoms with Crippen LogP contribution >= 0.6 is 0 Å². The zero-order valence-electron chi connectivity index (χ0n) is 17.7. The number of esters is 1. The molecule has 5 rings (SSSR count). The van der Waals surface area contributed by atoms with Crippen molar-refractivity contribution in [1.82, 2.24) is 10.3 Å². The van der Waals surface area contributed by atoms with E-state index >= 15 is 0 Å². The topological polar surface area (TPSA) is 74.3 Å². The van der Waals surface area contributed by atoms with Crippen LogP contribution in [0.4, 0.5) is 0 Å². The van der Waals surface area contributed by atoms with Gasteiger partial charge in [0.05, 0.1) is 5.92 Å². The first-order chi connectivity index (χ1) is 14.4. The van der Waals surface area contributed by atoms with Gasteiger partial charge in [0.25, 0.3) is 0 Å². The van der Waals surface area contributed by atoms with E-state index in [-0.39, 0.29) is 29.2 Å². The molecule has 2 aromatic rings. The number of aromatic nitrogens is 1. The standard InChI is InChI=1S/C25H32N2O3/c1-15-4-3-8-25(2)12-23-19(11-21(15)25)20(24(29)30-23)14-26-9-7-16-13-27-22-6-5-17(28)10-18(16)22/h5-6,10,13,19-21,23,26-28H,1,3-4,7-9,11-12,14H2,2H3/t19-,20+,21+,23-,25-/m1/s1. The van der Waals surface area contributed by atoms with Crippen molar-refractivity contribution in [3.8, 4) is 5.75 Å². The highest BCUT2D eigenvalue weighted by Gasteiger charge is 2.54. The largest absolute Gasteiger partial charge is 0.508 e. The van der Waals surface area contributed by atoms with Crippen LogP contribution in [0, 0.1) is 23.2 Å². The Balaban J connectivity index is 1.21. The monoisotopic (exact) mass is 408 g/mol. The second-order valence-electron chi connectivity index (χ2n) is 9.90. The summed E-state index contributed by atoms with van der Waals surface area (Å²) in [4.78, 5) is 15.9. The van der Waals surface area contributed by atoms with Gasteiger partial charge in [-0.15, -0.1) is 0 Å². The second-order valence-corrected chi connectivity index (χ2v) is 9.90. The number of H-pyrrole nitrogens is 1. The summed E-state index contributed by atoms with van der Waals surface area (Å²) in [6.07, 6.45) is 8.53. The van der Waals surface area contributed by atoms with Gasteiger partial charge in [0, 0.05) is 29.6 Å². The molecule has 1 aromatic carbocycles. The maximum atomic E-state index is 12.6. The highest BCUT2D eigenvalue weighted by Crippen LogP contribution is 2.56. The number of hydrogen-bond donors (Lipinski definition) is 3. The lowest BCUT2D eigenvalue weighted by molar-refractivity contribution is -0.146. The Morgan fingerprint density at radius 3 is 3.13 bits per heavy atom. The Morgan fingerprint density at radius 1 is 1.40 bits per heavy atom. The molecule has 0 bridgehead atoms. The van der Waals surface area contributed by atoms with Crippen molar-refractivity contribution < 1.29 is 14.6 Å². The van der Waals surface area contributed by atoms with Gasteiger partial charge in [0.1, 0.15) is 11.9 Å². The van der Waals surface area contributed by atoms with E-state index in [2.05, 4.69) is 23.8 Å². The summed E-state index contributed by atoms with van der Waals surface area (Å²) < 4.78 is 5.86. The van der Waals surface area contributed by atoms with Crippen LogP contribution in [0.1, 0.15) is 44.6 Å². The molecule has 30 heavy (non-hydrogen) atoms. The molecule has 3 fully saturated rings. The average Bonchev–Trinajstić information content (AvgIpc) is 3.23. The molecule has 5 atom stereocenters. The number of carbonyl (C=O) groups excluding carboxylic acids is 1. The summed E-state index contributed by atoms with van der Waals surface area (Å²) in [6, 6.07) is 5.39. The Morgan fingerprint density at radius 2 is 2.27 bits per heavy atom. The van der Waals surface area contributed by atoms with E-state index in [0.29, 0.717) is 18.4 Å². The number of aromatic hydroxyl groups is 1. The van der Waals surface area contributed by atoms with Crippen LogP contribution in [0.25, 0.3) is 10.9 Å². The van der Waals surface area contributed by atoms with E-state index in [1.807, 2.05) is 12.3 Å². The first-order valence-corrected chi connectivity index (χ1v) is 11.3. The molecule has 0 radical (unpaired) electrons. The molecule has 2 saturated carbocycles. The zero-order valence-corrected chi connectivity index (χ0v) is 17.7. The maximum Gasteiger partial charge on any atom is 0.310 e. The first-order valence-electron chi connectivity index (χ1n) is 11.3. The van der Waals surface area contributed by atoms with Crippen molar-refractivity contribution >= 4 is 16.9 Å². The lowest BCUT2D eigenvalue weighted by Crippen LogP contribution is -2.45. The van der Waals surface area contributed by atoms with Gasteiger partial charge in [-0.2, -0.15) is 0 Å². The predicted molar refractivity (Wildman–Crippen MR) is 117 cm³/mol. The molecule has 0 spiro atoms. The highest BCUT2D eigenvalue weighted by molar-refractivity contribution is 5.84. The van der Waals surface area contributed by atoms with Crippen molar-refractivity contribution in [3.63, 3.8) is 0 Å². The number of hydrogen-bond acceptors (Lipinski definition) is 4. The van der Waals surface area contributed by atoms with Crippen molar-refractivity contribution in [1.29, 1.82) is 0 Å². The molecular weight excluding hydrogens is 376 g/mol. The van der Waals surface area contributed by atoms with E-state index in [1.54, 1.807) is 12.1 Å². The molecular formula is C25H32N2O3. The van der Waals surface area contributed by atoms with Crippen LogP contribution in [0.5, 0.6) is 5.75 Å². The molecule has 5 heteroatoms.